The number of hydrogen-bond acceptors (Lipinski definition) is 4. The molecule has 0 saturated heterocycles. The minimum Gasteiger partial charge on any atom is -0.497 e. The highest BCUT2D eigenvalue weighted by atomic mass is 16.5. The van der Waals surface area contributed by atoms with E-state index >= 15 is 0 Å². The molecule has 6 heteroatoms. The standard InChI is InChI=1S/C22H35N3O3/c1-13(2)17-9-7-14(3)11-18(17)22(27)24-19-10-8-16(28-6)12-20(19)25-21(26)15(4)23-5/h8,10,12-15,17-18,23H,7,9,11H2,1-6H3,(H,24,27)(H,25,26)/t14?,15-,17+,18?/m1/s1. The van der Waals surface area contributed by atoms with Crippen LogP contribution in [0.1, 0.15) is 47.0 Å². The third-order valence-electron chi connectivity index (χ3n) is 5.93. The van der Waals surface area contributed by atoms with E-state index < -0.39 is 0 Å². The first kappa shape index (κ1) is 22.2. The summed E-state index contributed by atoms with van der Waals surface area (Å²) in [4.78, 5) is 25.5. The number of benzene rings is 1. The van der Waals surface area contributed by atoms with E-state index in [0.29, 0.717) is 34.9 Å². The predicted molar refractivity (Wildman–Crippen MR) is 114 cm³/mol. The van der Waals surface area contributed by atoms with Gasteiger partial charge in [-0.3, -0.25) is 9.59 Å². The Morgan fingerprint density at radius 3 is 2.43 bits per heavy atom. The number of amides is 2. The van der Waals surface area contributed by atoms with Crippen LogP contribution in [-0.4, -0.2) is 32.0 Å². The smallest absolute Gasteiger partial charge is 0.241 e. The van der Waals surface area contributed by atoms with Gasteiger partial charge in [0.1, 0.15) is 5.75 Å². The van der Waals surface area contributed by atoms with E-state index in [4.69, 9.17) is 4.74 Å². The van der Waals surface area contributed by atoms with Crippen LogP contribution in [0.3, 0.4) is 0 Å². The fraction of sp³-hybridized carbons (Fsp3) is 0.636. The molecule has 2 amide bonds. The van der Waals surface area contributed by atoms with Crippen molar-refractivity contribution in [2.24, 2.45) is 23.7 Å². The number of nitrogens with one attached hydrogen (secondary N) is 3. The van der Waals surface area contributed by atoms with E-state index in [1.54, 1.807) is 39.3 Å². The molecule has 0 spiro atoms. The Morgan fingerprint density at radius 1 is 1.11 bits per heavy atom. The number of ether oxygens (including phenoxy) is 1. The topological polar surface area (TPSA) is 79.5 Å². The second-order valence-electron chi connectivity index (χ2n) is 8.33. The first-order valence-electron chi connectivity index (χ1n) is 10.2. The molecule has 2 unspecified atom stereocenters. The van der Waals surface area contributed by atoms with Gasteiger partial charge in [-0.2, -0.15) is 0 Å². The van der Waals surface area contributed by atoms with Crippen LogP contribution >= 0.6 is 0 Å². The van der Waals surface area contributed by atoms with E-state index in [0.717, 1.165) is 12.8 Å². The number of methoxy groups -OCH3 is 1. The van der Waals surface area contributed by atoms with Gasteiger partial charge >= 0.3 is 0 Å². The van der Waals surface area contributed by atoms with Crippen molar-refractivity contribution >= 4 is 23.2 Å². The molecule has 2 rings (SSSR count). The molecule has 0 heterocycles. The maximum absolute atomic E-state index is 13.1. The maximum Gasteiger partial charge on any atom is 0.241 e. The van der Waals surface area contributed by atoms with Crippen molar-refractivity contribution in [1.29, 1.82) is 0 Å². The summed E-state index contributed by atoms with van der Waals surface area (Å²) in [5.74, 6) is 1.89. The average Bonchev–Trinajstić information content (AvgIpc) is 2.67. The van der Waals surface area contributed by atoms with Crippen molar-refractivity contribution in [2.75, 3.05) is 24.8 Å². The Morgan fingerprint density at radius 2 is 1.82 bits per heavy atom. The summed E-state index contributed by atoms with van der Waals surface area (Å²) in [7, 11) is 3.31. The zero-order valence-electron chi connectivity index (χ0n) is 18.0. The number of hydrogen-bond donors (Lipinski definition) is 3. The van der Waals surface area contributed by atoms with Gasteiger partial charge in [0.15, 0.2) is 0 Å². The first-order valence-corrected chi connectivity index (χ1v) is 10.2. The molecule has 1 aromatic rings. The van der Waals surface area contributed by atoms with Crippen LogP contribution in [-0.2, 0) is 9.59 Å². The molecule has 0 radical (unpaired) electrons. The van der Waals surface area contributed by atoms with Crippen LogP contribution < -0.4 is 20.7 Å². The molecule has 28 heavy (non-hydrogen) atoms. The van der Waals surface area contributed by atoms with Crippen LogP contribution in [0.2, 0.25) is 0 Å². The molecule has 1 aromatic carbocycles. The zero-order valence-corrected chi connectivity index (χ0v) is 18.0. The van der Waals surface area contributed by atoms with Gasteiger partial charge in [0, 0.05) is 12.0 Å². The second-order valence-corrected chi connectivity index (χ2v) is 8.33. The molecule has 3 N–H and O–H groups in total. The summed E-state index contributed by atoms with van der Waals surface area (Å²) in [5, 5.41) is 8.88. The average molecular weight is 390 g/mol. The first-order chi connectivity index (χ1) is 13.3. The molecule has 6 nitrogen and oxygen atoms in total. The monoisotopic (exact) mass is 389 g/mol. The molecule has 0 bridgehead atoms. The molecule has 1 aliphatic rings. The van der Waals surface area contributed by atoms with Crippen LogP contribution in [0.4, 0.5) is 11.4 Å². The van der Waals surface area contributed by atoms with Crippen LogP contribution in [0.5, 0.6) is 5.75 Å². The Kier molecular flexibility index (Phi) is 7.87. The van der Waals surface area contributed by atoms with Gasteiger partial charge in [-0.05, 0) is 56.7 Å². The summed E-state index contributed by atoms with van der Waals surface area (Å²) in [6.07, 6.45) is 3.17. The van der Waals surface area contributed by atoms with Crippen molar-refractivity contribution < 1.29 is 14.3 Å². The Balaban J connectivity index is 2.23. The van der Waals surface area contributed by atoms with E-state index in [1.165, 1.54) is 6.42 Å². The van der Waals surface area contributed by atoms with Gasteiger partial charge in [-0.1, -0.05) is 27.2 Å². The number of anilines is 2. The van der Waals surface area contributed by atoms with Crippen LogP contribution in [0, 0.1) is 23.7 Å². The molecule has 1 saturated carbocycles. The lowest BCUT2D eigenvalue weighted by Crippen LogP contribution is -2.37. The van der Waals surface area contributed by atoms with E-state index in [2.05, 4.69) is 36.7 Å². The number of likely N-dealkylation sites (N-methyl/N-ethyl adjacent to an activating group) is 1. The highest BCUT2D eigenvalue weighted by molar-refractivity contribution is 6.02. The van der Waals surface area contributed by atoms with Crippen molar-refractivity contribution in [3.8, 4) is 5.75 Å². The minimum absolute atomic E-state index is 0.00867. The van der Waals surface area contributed by atoms with Gasteiger partial charge < -0.3 is 20.7 Å². The van der Waals surface area contributed by atoms with Crippen molar-refractivity contribution in [1.82, 2.24) is 5.32 Å². The van der Waals surface area contributed by atoms with Crippen molar-refractivity contribution in [2.45, 2.75) is 53.0 Å². The summed E-state index contributed by atoms with van der Waals surface area (Å²) >= 11 is 0. The van der Waals surface area contributed by atoms with Crippen molar-refractivity contribution in [3.05, 3.63) is 18.2 Å². The molecule has 4 atom stereocenters. The number of rotatable bonds is 7. The van der Waals surface area contributed by atoms with Gasteiger partial charge in [0.25, 0.3) is 0 Å². The molecule has 1 fully saturated rings. The molecule has 1 aliphatic carbocycles. The Labute approximate surface area is 168 Å². The van der Waals surface area contributed by atoms with Gasteiger partial charge in [0.05, 0.1) is 24.5 Å². The Hall–Kier alpha value is -2.08. The van der Waals surface area contributed by atoms with E-state index in [9.17, 15) is 9.59 Å². The van der Waals surface area contributed by atoms with Crippen LogP contribution in [0.25, 0.3) is 0 Å². The molecule has 156 valence electrons. The fourth-order valence-corrected chi connectivity index (χ4v) is 3.96. The van der Waals surface area contributed by atoms with Gasteiger partial charge in [0.2, 0.25) is 11.8 Å². The lowest BCUT2D eigenvalue weighted by atomic mass is 9.70. The van der Waals surface area contributed by atoms with Crippen LogP contribution in [0.15, 0.2) is 18.2 Å². The quantitative estimate of drug-likeness (QED) is 0.661. The zero-order chi connectivity index (χ0) is 20.8. The normalized spacial score (nSPS) is 23.2. The maximum atomic E-state index is 13.1. The third-order valence-corrected chi connectivity index (χ3v) is 5.93. The van der Waals surface area contributed by atoms with E-state index in [-0.39, 0.29) is 23.8 Å². The summed E-state index contributed by atoms with van der Waals surface area (Å²) in [6, 6.07) is 4.96. The van der Waals surface area contributed by atoms with Gasteiger partial charge in [-0.25, -0.2) is 0 Å². The Bertz CT molecular complexity index is 690. The lowest BCUT2D eigenvalue weighted by Gasteiger charge is -2.36. The molecule has 0 aliphatic heterocycles. The molecular formula is C22H35N3O3. The highest BCUT2D eigenvalue weighted by Gasteiger charge is 2.35. The van der Waals surface area contributed by atoms with Gasteiger partial charge in [-0.15, -0.1) is 0 Å². The molecular weight excluding hydrogens is 354 g/mol. The second kappa shape index (κ2) is 9.92. The number of carbonyl (C=O) groups is 2. The third kappa shape index (κ3) is 5.47. The largest absolute Gasteiger partial charge is 0.497 e. The van der Waals surface area contributed by atoms with E-state index in [1.807, 2.05) is 0 Å². The lowest BCUT2D eigenvalue weighted by molar-refractivity contribution is -0.124. The summed E-state index contributed by atoms with van der Waals surface area (Å²) < 4.78 is 5.28. The highest BCUT2D eigenvalue weighted by Crippen LogP contribution is 2.39. The minimum atomic E-state index is -0.348. The fourth-order valence-electron chi connectivity index (χ4n) is 3.96. The summed E-state index contributed by atoms with van der Waals surface area (Å²) in [5.41, 5.74) is 1.15. The molecule has 0 aromatic heterocycles. The predicted octanol–water partition coefficient (Wildman–Crippen LogP) is 3.89. The SMILES string of the molecule is CN[C@H](C)C(=O)Nc1cc(OC)ccc1NC(=O)C1CC(C)CC[C@H]1C(C)C. The summed E-state index contributed by atoms with van der Waals surface area (Å²) in [6.45, 7) is 8.39. The van der Waals surface area contributed by atoms with Crippen molar-refractivity contribution in [3.63, 3.8) is 0 Å². The number of carbonyl (C=O) groups excluding carboxylic acids is 2.